The van der Waals surface area contributed by atoms with E-state index in [0.29, 0.717) is 17.9 Å². The van der Waals surface area contributed by atoms with Crippen molar-refractivity contribution in [2.45, 2.75) is 51.4 Å². The van der Waals surface area contributed by atoms with Gasteiger partial charge in [-0.3, -0.25) is 0 Å². The highest BCUT2D eigenvalue weighted by Crippen LogP contribution is 2.14. The number of hydrogen-bond donors (Lipinski definition) is 2. The van der Waals surface area contributed by atoms with Crippen LogP contribution in [0, 0.1) is 0 Å². The van der Waals surface area contributed by atoms with Gasteiger partial charge in [0, 0.05) is 12.8 Å². The monoisotopic (exact) mass is 196 g/mol. The highest BCUT2D eigenvalue weighted by Gasteiger charge is 1.98. The summed E-state index contributed by atoms with van der Waals surface area (Å²) in [7, 11) is 0. The Kier molecular flexibility index (Phi) is 5.20. The highest BCUT2D eigenvalue weighted by atomic mass is 16.3. The lowest BCUT2D eigenvalue weighted by molar-refractivity contribution is 0.366. The van der Waals surface area contributed by atoms with Gasteiger partial charge >= 0.3 is 0 Å². The Bertz CT molecular complexity index is 216. The van der Waals surface area contributed by atoms with E-state index in [4.69, 9.17) is 0 Å². The summed E-state index contributed by atoms with van der Waals surface area (Å²) >= 11 is 0. The SMILES string of the molecule is O/C1=C\CCCCCCC/C(O)=C\C1. The summed E-state index contributed by atoms with van der Waals surface area (Å²) in [4.78, 5) is 0. The summed E-state index contributed by atoms with van der Waals surface area (Å²) in [6.07, 6.45) is 11.7. The fourth-order valence-corrected chi connectivity index (χ4v) is 1.66. The molecule has 0 saturated carbocycles. The number of aliphatic hydroxyl groups excluding tert-OH is 2. The zero-order valence-corrected chi connectivity index (χ0v) is 8.71. The first-order chi connectivity index (χ1) is 6.79. The molecule has 0 amide bonds. The summed E-state index contributed by atoms with van der Waals surface area (Å²) < 4.78 is 0. The van der Waals surface area contributed by atoms with Gasteiger partial charge in [-0.2, -0.15) is 0 Å². The van der Waals surface area contributed by atoms with Crippen molar-refractivity contribution in [1.29, 1.82) is 0 Å². The summed E-state index contributed by atoms with van der Waals surface area (Å²) in [5.41, 5.74) is 0. The van der Waals surface area contributed by atoms with Crippen LogP contribution in [0.3, 0.4) is 0 Å². The van der Waals surface area contributed by atoms with Gasteiger partial charge < -0.3 is 10.2 Å². The lowest BCUT2D eigenvalue weighted by Crippen LogP contribution is -1.88. The second-order valence-electron chi connectivity index (χ2n) is 3.90. The highest BCUT2D eigenvalue weighted by molar-refractivity contribution is 5.02. The molecule has 0 heterocycles. The average Bonchev–Trinajstić information content (AvgIpc) is 2.17. The van der Waals surface area contributed by atoms with Crippen LogP contribution in [0.25, 0.3) is 0 Å². The van der Waals surface area contributed by atoms with Crippen molar-refractivity contribution in [3.63, 3.8) is 0 Å². The second kappa shape index (κ2) is 6.52. The number of allylic oxidation sites excluding steroid dienone is 3. The number of rotatable bonds is 0. The zero-order valence-electron chi connectivity index (χ0n) is 8.71. The van der Waals surface area contributed by atoms with Gasteiger partial charge in [-0.05, 0) is 31.4 Å². The molecule has 2 nitrogen and oxygen atoms in total. The van der Waals surface area contributed by atoms with E-state index in [0.717, 1.165) is 19.3 Å². The standard InChI is InChI=1S/C12H20O2/c13-11-7-5-3-1-2-4-6-8-12(14)10-9-11/h7,10,13-14H,1-6,8-9H2/b11-7-,12-10+. The molecular weight excluding hydrogens is 176 g/mol. The Morgan fingerprint density at radius 2 is 1.50 bits per heavy atom. The van der Waals surface area contributed by atoms with Crippen LogP contribution in [0.5, 0.6) is 0 Å². The molecule has 80 valence electrons. The van der Waals surface area contributed by atoms with Crippen LogP contribution in [-0.2, 0) is 0 Å². The first-order valence-corrected chi connectivity index (χ1v) is 5.55. The number of aliphatic hydroxyl groups is 2. The smallest absolute Gasteiger partial charge is 0.0921 e. The summed E-state index contributed by atoms with van der Waals surface area (Å²) in [5.74, 6) is 0.808. The predicted octanol–water partition coefficient (Wildman–Crippen LogP) is 4.00. The van der Waals surface area contributed by atoms with Gasteiger partial charge in [0.05, 0.1) is 11.5 Å². The maximum atomic E-state index is 9.43. The van der Waals surface area contributed by atoms with Crippen molar-refractivity contribution in [1.82, 2.24) is 0 Å². The number of hydrogen-bond acceptors (Lipinski definition) is 2. The van der Waals surface area contributed by atoms with E-state index < -0.39 is 0 Å². The Labute approximate surface area is 86.0 Å². The van der Waals surface area contributed by atoms with E-state index in [1.807, 2.05) is 6.08 Å². The van der Waals surface area contributed by atoms with Crippen LogP contribution >= 0.6 is 0 Å². The van der Waals surface area contributed by atoms with E-state index in [9.17, 15) is 10.2 Å². The molecule has 0 radical (unpaired) electrons. The summed E-state index contributed by atoms with van der Waals surface area (Å²) in [5, 5.41) is 18.9. The predicted molar refractivity (Wildman–Crippen MR) is 58.4 cm³/mol. The lowest BCUT2D eigenvalue weighted by Gasteiger charge is -2.04. The van der Waals surface area contributed by atoms with Crippen molar-refractivity contribution >= 4 is 0 Å². The minimum atomic E-state index is 0.386. The Hall–Kier alpha value is -0.920. The Balaban J connectivity index is 2.45. The van der Waals surface area contributed by atoms with E-state index >= 15 is 0 Å². The normalized spacial score (nSPS) is 28.9. The maximum Gasteiger partial charge on any atom is 0.0921 e. The Morgan fingerprint density at radius 1 is 0.786 bits per heavy atom. The molecule has 0 saturated heterocycles. The Morgan fingerprint density at radius 3 is 2.36 bits per heavy atom. The molecule has 14 heavy (non-hydrogen) atoms. The fourth-order valence-electron chi connectivity index (χ4n) is 1.66. The molecule has 0 aromatic carbocycles. The molecule has 2 N–H and O–H groups in total. The van der Waals surface area contributed by atoms with Gasteiger partial charge in [0.1, 0.15) is 0 Å². The van der Waals surface area contributed by atoms with Gasteiger partial charge in [-0.1, -0.05) is 19.3 Å². The van der Waals surface area contributed by atoms with E-state index in [-0.39, 0.29) is 0 Å². The molecule has 0 fully saturated rings. The zero-order chi connectivity index (χ0) is 10.2. The van der Waals surface area contributed by atoms with Gasteiger partial charge in [0.15, 0.2) is 0 Å². The first-order valence-electron chi connectivity index (χ1n) is 5.55. The van der Waals surface area contributed by atoms with E-state index in [1.54, 1.807) is 6.08 Å². The van der Waals surface area contributed by atoms with Crippen molar-refractivity contribution in [3.05, 3.63) is 23.7 Å². The minimum Gasteiger partial charge on any atom is -0.513 e. The molecule has 0 bridgehead atoms. The quantitative estimate of drug-likeness (QED) is 0.614. The summed E-state index contributed by atoms with van der Waals surface area (Å²) in [6.45, 7) is 0. The van der Waals surface area contributed by atoms with Crippen molar-refractivity contribution in [2.75, 3.05) is 0 Å². The molecule has 0 spiro atoms. The summed E-state index contributed by atoms with van der Waals surface area (Å²) in [6, 6.07) is 0. The largest absolute Gasteiger partial charge is 0.513 e. The molecule has 2 heteroatoms. The van der Waals surface area contributed by atoms with Crippen LogP contribution in [0.15, 0.2) is 23.7 Å². The molecule has 0 unspecified atom stereocenters. The third kappa shape index (κ3) is 4.95. The fraction of sp³-hybridized carbons (Fsp3) is 0.667. The van der Waals surface area contributed by atoms with Crippen LogP contribution < -0.4 is 0 Å². The molecule has 1 aliphatic rings. The average molecular weight is 196 g/mol. The van der Waals surface area contributed by atoms with Crippen molar-refractivity contribution < 1.29 is 10.2 Å². The third-order valence-corrected chi connectivity index (χ3v) is 2.56. The van der Waals surface area contributed by atoms with Gasteiger partial charge in [-0.25, -0.2) is 0 Å². The van der Waals surface area contributed by atoms with Crippen LogP contribution in [0.2, 0.25) is 0 Å². The topological polar surface area (TPSA) is 40.5 Å². The van der Waals surface area contributed by atoms with E-state index in [2.05, 4.69) is 0 Å². The minimum absolute atomic E-state index is 0.386. The molecule has 0 atom stereocenters. The van der Waals surface area contributed by atoms with Crippen LogP contribution in [0.4, 0.5) is 0 Å². The van der Waals surface area contributed by atoms with Gasteiger partial charge in [-0.15, -0.1) is 0 Å². The van der Waals surface area contributed by atoms with Crippen LogP contribution in [0.1, 0.15) is 51.4 Å². The lowest BCUT2D eigenvalue weighted by atomic mass is 10.1. The van der Waals surface area contributed by atoms with Crippen LogP contribution in [-0.4, -0.2) is 10.2 Å². The molecule has 0 aliphatic heterocycles. The first kappa shape index (κ1) is 11.2. The third-order valence-electron chi connectivity index (χ3n) is 2.56. The van der Waals surface area contributed by atoms with Crippen molar-refractivity contribution in [2.24, 2.45) is 0 Å². The molecular formula is C12H20O2. The van der Waals surface area contributed by atoms with Gasteiger partial charge in [0.2, 0.25) is 0 Å². The molecule has 0 aromatic heterocycles. The maximum absolute atomic E-state index is 9.43. The second-order valence-corrected chi connectivity index (χ2v) is 3.90. The van der Waals surface area contributed by atoms with Crippen molar-refractivity contribution in [3.8, 4) is 0 Å². The van der Waals surface area contributed by atoms with Gasteiger partial charge in [0.25, 0.3) is 0 Å². The molecule has 1 aliphatic carbocycles. The molecule has 1 rings (SSSR count). The van der Waals surface area contributed by atoms with E-state index in [1.165, 1.54) is 25.7 Å². The molecule has 0 aromatic rings.